The van der Waals surface area contributed by atoms with Crippen molar-refractivity contribution < 1.29 is 0 Å². The van der Waals surface area contributed by atoms with Crippen LogP contribution in [0.15, 0.2) is 52.4 Å². The molecule has 0 unspecified atom stereocenters. The van der Waals surface area contributed by atoms with Crippen LogP contribution < -0.4 is 5.56 Å². The minimum absolute atomic E-state index is 0.156. The number of hydrogen-bond acceptors (Lipinski definition) is 5. The van der Waals surface area contributed by atoms with E-state index in [1.54, 1.807) is 6.20 Å². The number of pyridine rings is 1. The molecule has 4 rings (SSSR count). The lowest BCUT2D eigenvalue weighted by Gasteiger charge is -2.00. The molecule has 1 N–H and O–H groups in total. The van der Waals surface area contributed by atoms with Crippen molar-refractivity contribution in [3.8, 4) is 5.13 Å². The predicted molar refractivity (Wildman–Crippen MR) is 105 cm³/mol. The lowest BCUT2D eigenvalue weighted by atomic mass is 10.2. The molecular formula is C19H17N5OS. The van der Waals surface area contributed by atoms with Crippen LogP contribution in [0, 0.1) is 13.8 Å². The number of aryl methyl sites for hydroxylation is 2. The number of hydrogen-bond donors (Lipinski definition) is 1. The molecule has 26 heavy (non-hydrogen) atoms. The highest BCUT2D eigenvalue weighted by Gasteiger charge is 2.17. The van der Waals surface area contributed by atoms with E-state index in [-0.39, 0.29) is 5.56 Å². The standard InChI is InChI=1S/C19H17N5OS/c1-11-7-6-10-20-17(11)21-12(2)16-13(3)23-24(18(16)25)19-22-14-8-4-5-9-15(14)26-19/h4-10,23H,1-3H3/b21-12+. The van der Waals surface area contributed by atoms with Gasteiger partial charge in [0.1, 0.15) is 0 Å². The molecule has 0 saturated heterocycles. The lowest BCUT2D eigenvalue weighted by Crippen LogP contribution is -2.19. The second-order valence-electron chi connectivity index (χ2n) is 6.06. The molecule has 0 fully saturated rings. The molecule has 0 saturated carbocycles. The first-order chi connectivity index (χ1) is 12.5. The SMILES string of the molecule is C/C(=N\c1ncccc1C)c1c(C)[nH]n(-c2nc3ccccc3s2)c1=O. The molecule has 0 atom stereocenters. The minimum atomic E-state index is -0.156. The Bertz CT molecular complexity index is 1170. The number of fused-ring (bicyclic) bond motifs is 1. The van der Waals surface area contributed by atoms with E-state index in [4.69, 9.17) is 0 Å². The van der Waals surface area contributed by atoms with Crippen LogP contribution in [0.5, 0.6) is 0 Å². The fraction of sp³-hybridized carbons (Fsp3) is 0.158. The predicted octanol–water partition coefficient (Wildman–Crippen LogP) is 3.93. The van der Waals surface area contributed by atoms with E-state index in [1.807, 2.05) is 57.2 Å². The third-order valence-electron chi connectivity index (χ3n) is 4.16. The van der Waals surface area contributed by atoms with Gasteiger partial charge in [-0.25, -0.2) is 15.0 Å². The zero-order valence-corrected chi connectivity index (χ0v) is 15.5. The Labute approximate surface area is 153 Å². The number of nitrogens with one attached hydrogen (secondary N) is 1. The highest BCUT2D eigenvalue weighted by Crippen LogP contribution is 2.24. The number of aromatic amines is 1. The number of aromatic nitrogens is 4. The van der Waals surface area contributed by atoms with Gasteiger partial charge in [0.25, 0.3) is 5.56 Å². The van der Waals surface area contributed by atoms with Crippen LogP contribution in [0.25, 0.3) is 15.3 Å². The highest BCUT2D eigenvalue weighted by molar-refractivity contribution is 7.20. The monoisotopic (exact) mass is 363 g/mol. The zero-order valence-electron chi connectivity index (χ0n) is 14.6. The molecular weight excluding hydrogens is 346 g/mol. The summed E-state index contributed by atoms with van der Waals surface area (Å²) in [6, 6.07) is 11.6. The average molecular weight is 363 g/mol. The van der Waals surface area contributed by atoms with E-state index in [9.17, 15) is 4.79 Å². The largest absolute Gasteiger partial charge is 0.293 e. The van der Waals surface area contributed by atoms with Gasteiger partial charge in [0.2, 0.25) is 5.13 Å². The maximum Gasteiger partial charge on any atom is 0.282 e. The Balaban J connectivity index is 1.82. The van der Waals surface area contributed by atoms with Gasteiger partial charge in [-0.15, -0.1) is 0 Å². The maximum absolute atomic E-state index is 13.0. The van der Waals surface area contributed by atoms with Crippen LogP contribution in [0.1, 0.15) is 23.7 Å². The van der Waals surface area contributed by atoms with Gasteiger partial charge in [0.05, 0.1) is 21.5 Å². The van der Waals surface area contributed by atoms with Crippen molar-refractivity contribution in [2.24, 2.45) is 4.99 Å². The molecule has 3 heterocycles. The molecule has 3 aromatic heterocycles. The fourth-order valence-corrected chi connectivity index (χ4v) is 3.80. The van der Waals surface area contributed by atoms with Gasteiger partial charge in [-0.3, -0.25) is 9.89 Å². The summed E-state index contributed by atoms with van der Waals surface area (Å²) in [5.41, 5.74) is 3.62. The Morgan fingerprint density at radius 1 is 1.19 bits per heavy atom. The van der Waals surface area contributed by atoms with E-state index in [0.717, 1.165) is 21.5 Å². The van der Waals surface area contributed by atoms with Crippen molar-refractivity contribution in [2.75, 3.05) is 0 Å². The zero-order chi connectivity index (χ0) is 18.3. The summed E-state index contributed by atoms with van der Waals surface area (Å²) in [5.74, 6) is 0.622. The molecule has 0 radical (unpaired) electrons. The summed E-state index contributed by atoms with van der Waals surface area (Å²) in [7, 11) is 0. The average Bonchev–Trinajstić information content (AvgIpc) is 3.17. The molecule has 6 nitrogen and oxygen atoms in total. The summed E-state index contributed by atoms with van der Waals surface area (Å²) in [4.78, 5) is 26.4. The molecule has 0 spiro atoms. The van der Waals surface area contributed by atoms with Crippen LogP contribution in [0.3, 0.4) is 0 Å². The summed E-state index contributed by atoms with van der Waals surface area (Å²) in [6.07, 6.45) is 1.70. The summed E-state index contributed by atoms with van der Waals surface area (Å²) in [5, 5.41) is 3.74. The summed E-state index contributed by atoms with van der Waals surface area (Å²) in [6.45, 7) is 5.64. The fourth-order valence-electron chi connectivity index (χ4n) is 2.87. The minimum Gasteiger partial charge on any atom is -0.293 e. The molecule has 0 amide bonds. The third kappa shape index (κ3) is 2.76. The van der Waals surface area contributed by atoms with Gasteiger partial charge < -0.3 is 0 Å². The highest BCUT2D eigenvalue weighted by atomic mass is 32.1. The molecule has 0 aliphatic carbocycles. The molecule has 130 valence electrons. The van der Waals surface area contributed by atoms with Crippen LogP contribution in [-0.4, -0.2) is 25.5 Å². The quantitative estimate of drug-likeness (QED) is 0.560. The number of para-hydroxylation sites is 1. The molecule has 1 aromatic carbocycles. The second-order valence-corrected chi connectivity index (χ2v) is 7.07. The Morgan fingerprint density at radius 2 is 2.00 bits per heavy atom. The number of benzene rings is 1. The lowest BCUT2D eigenvalue weighted by molar-refractivity contribution is 0.829. The second kappa shape index (κ2) is 6.34. The first-order valence-corrected chi connectivity index (χ1v) is 9.01. The van der Waals surface area contributed by atoms with Crippen LogP contribution >= 0.6 is 11.3 Å². The van der Waals surface area contributed by atoms with Gasteiger partial charge in [0.15, 0.2) is 5.82 Å². The van der Waals surface area contributed by atoms with Crippen molar-refractivity contribution in [3.63, 3.8) is 0 Å². The number of nitrogens with zero attached hydrogens (tertiary/aromatic N) is 4. The van der Waals surface area contributed by atoms with Crippen molar-refractivity contribution in [1.29, 1.82) is 0 Å². The van der Waals surface area contributed by atoms with E-state index < -0.39 is 0 Å². The Kier molecular flexibility index (Phi) is 4.00. The van der Waals surface area contributed by atoms with Crippen molar-refractivity contribution in [1.82, 2.24) is 19.7 Å². The van der Waals surface area contributed by atoms with Crippen molar-refractivity contribution in [3.05, 3.63) is 69.8 Å². The normalized spacial score (nSPS) is 12.0. The van der Waals surface area contributed by atoms with Gasteiger partial charge in [-0.1, -0.05) is 29.5 Å². The molecule has 0 aliphatic heterocycles. The van der Waals surface area contributed by atoms with Crippen LogP contribution in [-0.2, 0) is 0 Å². The van der Waals surface area contributed by atoms with Gasteiger partial charge in [-0.05, 0) is 44.5 Å². The summed E-state index contributed by atoms with van der Waals surface area (Å²) < 4.78 is 2.53. The van der Waals surface area contributed by atoms with Crippen molar-refractivity contribution in [2.45, 2.75) is 20.8 Å². The van der Waals surface area contributed by atoms with Crippen molar-refractivity contribution >= 4 is 33.1 Å². The molecule has 4 aromatic rings. The number of H-pyrrole nitrogens is 1. The van der Waals surface area contributed by atoms with Gasteiger partial charge in [0, 0.05) is 11.9 Å². The smallest absolute Gasteiger partial charge is 0.282 e. The third-order valence-corrected chi connectivity index (χ3v) is 5.18. The van der Waals surface area contributed by atoms with Gasteiger partial charge >= 0.3 is 0 Å². The summed E-state index contributed by atoms with van der Waals surface area (Å²) >= 11 is 1.47. The van der Waals surface area contributed by atoms with Crippen LogP contribution in [0.4, 0.5) is 5.82 Å². The Hall–Kier alpha value is -3.06. The maximum atomic E-state index is 13.0. The molecule has 0 aliphatic rings. The van der Waals surface area contributed by atoms with Crippen LogP contribution in [0.2, 0.25) is 0 Å². The topological polar surface area (TPSA) is 75.9 Å². The van der Waals surface area contributed by atoms with E-state index in [1.165, 1.54) is 16.0 Å². The number of rotatable bonds is 3. The van der Waals surface area contributed by atoms with E-state index in [2.05, 4.69) is 20.1 Å². The Morgan fingerprint density at radius 3 is 2.77 bits per heavy atom. The number of aliphatic imine (C=N–C) groups is 1. The van der Waals surface area contributed by atoms with E-state index >= 15 is 0 Å². The first-order valence-electron chi connectivity index (χ1n) is 8.19. The molecule has 7 heteroatoms. The van der Waals surface area contributed by atoms with E-state index in [0.29, 0.717) is 22.2 Å². The molecule has 0 bridgehead atoms. The first kappa shape index (κ1) is 16.4. The number of thiazole rings is 1. The van der Waals surface area contributed by atoms with Gasteiger partial charge in [-0.2, -0.15) is 4.68 Å².